The molecule has 0 spiro atoms. The Labute approximate surface area is 209 Å². The predicted octanol–water partition coefficient (Wildman–Crippen LogP) is 4.97. The van der Waals surface area contributed by atoms with Crippen molar-refractivity contribution in [3.8, 4) is 11.5 Å². The van der Waals surface area contributed by atoms with Crippen LogP contribution in [-0.2, 0) is 4.79 Å². The molecule has 4 aromatic rings. The van der Waals surface area contributed by atoms with Gasteiger partial charge in [-0.3, -0.25) is 9.59 Å². The van der Waals surface area contributed by atoms with E-state index >= 15 is 0 Å². The van der Waals surface area contributed by atoms with Gasteiger partial charge in [0.25, 0.3) is 11.8 Å². The number of carbonyl (C=O) groups is 2. The van der Waals surface area contributed by atoms with Crippen LogP contribution < -0.4 is 20.1 Å². The van der Waals surface area contributed by atoms with Crippen LogP contribution in [0.3, 0.4) is 0 Å². The van der Waals surface area contributed by atoms with E-state index in [1.54, 1.807) is 30.3 Å². The summed E-state index contributed by atoms with van der Waals surface area (Å²) >= 11 is 0. The Morgan fingerprint density at radius 1 is 0.806 bits per heavy atom. The highest BCUT2D eigenvalue weighted by molar-refractivity contribution is 6.05. The second kappa shape index (κ2) is 11.6. The van der Waals surface area contributed by atoms with Crippen LogP contribution in [-0.4, -0.2) is 26.0 Å². The van der Waals surface area contributed by atoms with Crippen molar-refractivity contribution in [2.24, 2.45) is 0 Å². The van der Waals surface area contributed by atoms with Gasteiger partial charge >= 0.3 is 0 Å². The van der Waals surface area contributed by atoms with Gasteiger partial charge in [0.2, 0.25) is 0 Å². The third-order valence-electron chi connectivity index (χ3n) is 5.51. The largest absolute Gasteiger partial charge is 0.493 e. The summed E-state index contributed by atoms with van der Waals surface area (Å²) in [4.78, 5) is 26.7. The highest BCUT2D eigenvalue weighted by Gasteiger charge is 2.22. The molecule has 4 rings (SSSR count). The molecule has 0 fully saturated rings. The number of amides is 2. The van der Waals surface area contributed by atoms with Gasteiger partial charge in [-0.1, -0.05) is 60.7 Å². The van der Waals surface area contributed by atoms with Crippen molar-refractivity contribution in [2.45, 2.75) is 6.04 Å². The van der Waals surface area contributed by atoms with Crippen molar-refractivity contribution in [1.82, 2.24) is 10.6 Å². The van der Waals surface area contributed by atoms with Crippen LogP contribution in [0.2, 0.25) is 0 Å². The fourth-order valence-corrected chi connectivity index (χ4v) is 3.70. The molecule has 2 N–H and O–H groups in total. The fraction of sp³-hybridized carbons (Fsp3) is 0.103. The van der Waals surface area contributed by atoms with Crippen LogP contribution in [0.15, 0.2) is 107 Å². The highest BCUT2D eigenvalue weighted by Crippen LogP contribution is 2.28. The number of methoxy groups -OCH3 is 2. The number of rotatable bonds is 9. The number of carbonyl (C=O) groups excluding carboxylic acids is 2. The molecule has 0 unspecified atom stereocenters. The van der Waals surface area contributed by atoms with Gasteiger partial charge in [-0.25, -0.2) is 0 Å². The Hall–Kier alpha value is -4.78. The minimum Gasteiger partial charge on any atom is -0.493 e. The molecular formula is C29H26N2O5. The topological polar surface area (TPSA) is 89.8 Å². The maximum absolute atomic E-state index is 13.5. The molecule has 7 heteroatoms. The first-order valence-electron chi connectivity index (χ1n) is 11.3. The van der Waals surface area contributed by atoms with E-state index in [1.165, 1.54) is 26.6 Å². The lowest BCUT2D eigenvalue weighted by molar-refractivity contribution is -0.118. The van der Waals surface area contributed by atoms with Crippen LogP contribution in [0, 0.1) is 0 Å². The quantitative estimate of drug-likeness (QED) is 0.329. The van der Waals surface area contributed by atoms with Crippen molar-refractivity contribution in [3.05, 3.63) is 125 Å². The SMILES string of the molecule is COc1ccc(C(=O)N/C(=C\c2ccco2)C(=O)NC(c2ccccc2)c2ccccc2)cc1OC. The minimum absolute atomic E-state index is 0.0293. The van der Waals surface area contributed by atoms with Crippen LogP contribution >= 0.6 is 0 Å². The fourth-order valence-electron chi connectivity index (χ4n) is 3.70. The first-order chi connectivity index (χ1) is 17.6. The molecule has 1 heterocycles. The third kappa shape index (κ3) is 5.82. The van der Waals surface area contributed by atoms with Crippen LogP contribution in [0.25, 0.3) is 6.08 Å². The van der Waals surface area contributed by atoms with Gasteiger partial charge < -0.3 is 24.5 Å². The maximum atomic E-state index is 13.5. The van der Waals surface area contributed by atoms with Crippen LogP contribution in [0.4, 0.5) is 0 Å². The smallest absolute Gasteiger partial charge is 0.268 e. The zero-order valence-electron chi connectivity index (χ0n) is 19.9. The number of ether oxygens (including phenoxy) is 2. The van der Waals surface area contributed by atoms with E-state index in [-0.39, 0.29) is 5.70 Å². The summed E-state index contributed by atoms with van der Waals surface area (Å²) < 4.78 is 15.9. The van der Waals surface area contributed by atoms with E-state index in [0.29, 0.717) is 22.8 Å². The van der Waals surface area contributed by atoms with E-state index in [4.69, 9.17) is 13.9 Å². The van der Waals surface area contributed by atoms with Crippen LogP contribution in [0.1, 0.15) is 33.3 Å². The first kappa shape index (κ1) is 24.3. The molecule has 7 nitrogen and oxygen atoms in total. The lowest BCUT2D eigenvalue weighted by Crippen LogP contribution is -2.37. The minimum atomic E-state index is -0.486. The van der Waals surface area contributed by atoms with E-state index in [0.717, 1.165) is 11.1 Å². The molecule has 0 radical (unpaired) electrons. The molecule has 3 aromatic carbocycles. The second-order valence-corrected chi connectivity index (χ2v) is 7.83. The Kier molecular flexibility index (Phi) is 7.83. The molecule has 36 heavy (non-hydrogen) atoms. The molecule has 182 valence electrons. The average molecular weight is 483 g/mol. The summed E-state index contributed by atoms with van der Waals surface area (Å²) in [7, 11) is 3.00. The number of hydrogen-bond acceptors (Lipinski definition) is 5. The van der Waals surface area contributed by atoms with E-state index in [9.17, 15) is 9.59 Å². The molecular weight excluding hydrogens is 456 g/mol. The van der Waals surface area contributed by atoms with Gasteiger partial charge in [0.15, 0.2) is 11.5 Å². The van der Waals surface area contributed by atoms with Crippen LogP contribution in [0.5, 0.6) is 11.5 Å². The Balaban J connectivity index is 1.64. The number of benzene rings is 3. The van der Waals surface area contributed by atoms with E-state index in [1.807, 2.05) is 60.7 Å². The summed E-state index contributed by atoms with van der Waals surface area (Å²) in [6.07, 6.45) is 2.98. The Morgan fingerprint density at radius 3 is 2.00 bits per heavy atom. The molecule has 0 aliphatic carbocycles. The molecule has 2 amide bonds. The number of hydrogen-bond donors (Lipinski definition) is 2. The third-order valence-corrected chi connectivity index (χ3v) is 5.51. The lowest BCUT2D eigenvalue weighted by Gasteiger charge is -2.21. The summed E-state index contributed by atoms with van der Waals surface area (Å²) in [5.74, 6) is 0.354. The summed E-state index contributed by atoms with van der Waals surface area (Å²) in [5.41, 5.74) is 2.14. The normalized spacial score (nSPS) is 11.1. The molecule has 0 bridgehead atoms. The maximum Gasteiger partial charge on any atom is 0.268 e. The summed E-state index contributed by atoms with van der Waals surface area (Å²) in [5, 5.41) is 5.77. The highest BCUT2D eigenvalue weighted by atomic mass is 16.5. The van der Waals surface area contributed by atoms with Gasteiger partial charge in [-0.05, 0) is 41.5 Å². The zero-order valence-corrected chi connectivity index (χ0v) is 19.9. The summed E-state index contributed by atoms with van der Waals surface area (Å²) in [6, 6.07) is 27.0. The van der Waals surface area contributed by atoms with E-state index in [2.05, 4.69) is 10.6 Å². The van der Waals surface area contributed by atoms with Gasteiger partial charge in [-0.2, -0.15) is 0 Å². The average Bonchev–Trinajstić information content (AvgIpc) is 3.45. The monoisotopic (exact) mass is 482 g/mol. The van der Waals surface area contributed by atoms with Gasteiger partial charge in [-0.15, -0.1) is 0 Å². The van der Waals surface area contributed by atoms with Gasteiger partial charge in [0.1, 0.15) is 11.5 Å². The van der Waals surface area contributed by atoms with Gasteiger partial charge in [0.05, 0.1) is 26.5 Å². The first-order valence-corrected chi connectivity index (χ1v) is 11.3. The second-order valence-electron chi connectivity index (χ2n) is 7.83. The number of nitrogens with one attached hydrogen (secondary N) is 2. The van der Waals surface area contributed by atoms with Crippen molar-refractivity contribution in [1.29, 1.82) is 0 Å². The van der Waals surface area contributed by atoms with Crippen molar-refractivity contribution < 1.29 is 23.5 Å². The van der Waals surface area contributed by atoms with Crippen molar-refractivity contribution >= 4 is 17.9 Å². The lowest BCUT2D eigenvalue weighted by atomic mass is 9.98. The van der Waals surface area contributed by atoms with E-state index < -0.39 is 17.9 Å². The Morgan fingerprint density at radius 2 is 1.44 bits per heavy atom. The predicted molar refractivity (Wildman–Crippen MR) is 137 cm³/mol. The zero-order chi connectivity index (χ0) is 25.3. The Bertz CT molecular complexity index is 1290. The molecule has 0 saturated heterocycles. The standard InChI is InChI=1S/C29H26N2O5/c1-34-25-16-15-22(18-26(25)35-2)28(32)30-24(19-23-14-9-17-36-23)29(33)31-27(20-10-5-3-6-11-20)21-12-7-4-8-13-21/h3-19,27H,1-2H3,(H,30,32)(H,31,33)/b24-19-. The summed E-state index contributed by atoms with van der Waals surface area (Å²) in [6.45, 7) is 0. The van der Waals surface area contributed by atoms with Crippen molar-refractivity contribution in [2.75, 3.05) is 14.2 Å². The molecule has 0 atom stereocenters. The van der Waals surface area contributed by atoms with Gasteiger partial charge in [0, 0.05) is 11.6 Å². The van der Waals surface area contributed by atoms with Crippen molar-refractivity contribution in [3.63, 3.8) is 0 Å². The molecule has 1 aromatic heterocycles. The molecule has 0 aliphatic heterocycles. The molecule has 0 saturated carbocycles. The number of furan rings is 1. The molecule has 0 aliphatic rings.